The fourth-order valence-corrected chi connectivity index (χ4v) is 5.51. The van der Waals surface area contributed by atoms with Crippen molar-refractivity contribution in [1.29, 1.82) is 0 Å². The molecule has 2 saturated heterocycles. The van der Waals surface area contributed by atoms with Crippen LogP contribution in [0.5, 0.6) is 0 Å². The van der Waals surface area contributed by atoms with Crippen LogP contribution in [0.15, 0.2) is 29.4 Å². The van der Waals surface area contributed by atoms with Gasteiger partial charge in [-0.1, -0.05) is 18.6 Å². The molecule has 32 heavy (non-hydrogen) atoms. The number of guanidine groups is 1. The third-order valence-electron chi connectivity index (χ3n) is 7.50. The molecule has 0 unspecified atom stereocenters. The molecule has 1 aromatic heterocycles. The summed E-state index contributed by atoms with van der Waals surface area (Å²) in [7, 11) is 2.25. The highest BCUT2D eigenvalue weighted by molar-refractivity contribution is 5.86. The van der Waals surface area contributed by atoms with Gasteiger partial charge in [0.25, 0.3) is 0 Å². The van der Waals surface area contributed by atoms with Crippen molar-refractivity contribution >= 4 is 16.9 Å². The number of aromatic nitrogens is 1. The largest absolute Gasteiger partial charge is 0.361 e. The lowest BCUT2D eigenvalue weighted by atomic mass is 9.84. The summed E-state index contributed by atoms with van der Waals surface area (Å²) in [5.41, 5.74) is 4.17. The third kappa shape index (κ3) is 5.29. The van der Waals surface area contributed by atoms with Gasteiger partial charge < -0.3 is 20.5 Å². The van der Waals surface area contributed by atoms with Crippen molar-refractivity contribution in [1.82, 2.24) is 25.4 Å². The average molecular weight is 439 g/mol. The molecule has 0 amide bonds. The molecule has 2 aliphatic heterocycles. The molecule has 0 spiro atoms. The predicted octanol–water partition coefficient (Wildman–Crippen LogP) is 3.52. The highest BCUT2D eigenvalue weighted by atomic mass is 15.3. The number of aryl methyl sites for hydroxylation is 1. The van der Waals surface area contributed by atoms with Gasteiger partial charge in [-0.15, -0.1) is 0 Å². The summed E-state index contributed by atoms with van der Waals surface area (Å²) in [6.07, 6.45) is 9.65. The number of hydrogen-bond donors (Lipinski definition) is 3. The van der Waals surface area contributed by atoms with Crippen LogP contribution >= 0.6 is 0 Å². The van der Waals surface area contributed by atoms with E-state index in [4.69, 9.17) is 4.99 Å². The molecule has 0 radical (unpaired) electrons. The van der Waals surface area contributed by atoms with E-state index < -0.39 is 0 Å². The number of fused-ring (bicyclic) bond motifs is 1. The minimum atomic E-state index is 0.225. The number of aliphatic imine (C=N–C) groups is 1. The molecule has 6 nitrogen and oxygen atoms in total. The van der Waals surface area contributed by atoms with E-state index in [1.807, 2.05) is 0 Å². The molecule has 176 valence electrons. The number of nitrogens with zero attached hydrogens (tertiary/aromatic N) is 3. The first-order valence-corrected chi connectivity index (χ1v) is 12.6. The smallest absolute Gasteiger partial charge is 0.191 e. The maximum atomic E-state index is 5.13. The Balaban J connectivity index is 1.41. The Morgan fingerprint density at radius 2 is 1.88 bits per heavy atom. The zero-order valence-electron chi connectivity index (χ0n) is 20.3. The molecule has 2 aromatic rings. The van der Waals surface area contributed by atoms with Gasteiger partial charge in [0, 0.05) is 35.7 Å². The quantitative estimate of drug-likeness (QED) is 0.457. The Labute approximate surface area is 193 Å². The maximum Gasteiger partial charge on any atom is 0.191 e. The molecule has 4 rings (SSSR count). The molecule has 3 N–H and O–H groups in total. The number of benzene rings is 1. The van der Waals surface area contributed by atoms with Gasteiger partial charge in [-0.2, -0.15) is 0 Å². The van der Waals surface area contributed by atoms with Crippen LogP contribution < -0.4 is 10.6 Å². The Morgan fingerprint density at radius 3 is 2.62 bits per heavy atom. The summed E-state index contributed by atoms with van der Waals surface area (Å²) in [6, 6.07) is 6.47. The minimum absolute atomic E-state index is 0.225. The molecule has 0 bridgehead atoms. The second-order valence-corrected chi connectivity index (χ2v) is 9.76. The van der Waals surface area contributed by atoms with Gasteiger partial charge in [0.1, 0.15) is 0 Å². The van der Waals surface area contributed by atoms with E-state index in [0.717, 1.165) is 32.0 Å². The van der Waals surface area contributed by atoms with Gasteiger partial charge in [0.05, 0.1) is 6.54 Å². The van der Waals surface area contributed by atoms with Crippen molar-refractivity contribution in [3.8, 4) is 0 Å². The Morgan fingerprint density at radius 1 is 1.09 bits per heavy atom. The van der Waals surface area contributed by atoms with Crippen LogP contribution in [0.4, 0.5) is 0 Å². The summed E-state index contributed by atoms with van der Waals surface area (Å²) < 4.78 is 0. The van der Waals surface area contributed by atoms with Gasteiger partial charge in [-0.25, -0.2) is 0 Å². The van der Waals surface area contributed by atoms with E-state index in [1.165, 1.54) is 80.3 Å². The second kappa shape index (κ2) is 10.7. The van der Waals surface area contributed by atoms with E-state index >= 15 is 0 Å². The van der Waals surface area contributed by atoms with Crippen molar-refractivity contribution in [3.05, 3.63) is 35.5 Å². The van der Waals surface area contributed by atoms with E-state index in [-0.39, 0.29) is 5.54 Å². The molecule has 3 heterocycles. The molecular weight excluding hydrogens is 396 g/mol. The normalized spacial score (nSPS) is 20.5. The lowest BCUT2D eigenvalue weighted by molar-refractivity contribution is 0.0208. The molecule has 0 saturated carbocycles. The molecule has 0 aliphatic carbocycles. The van der Waals surface area contributed by atoms with Crippen molar-refractivity contribution in [2.45, 2.75) is 57.9 Å². The van der Waals surface area contributed by atoms with E-state index in [1.54, 1.807) is 0 Å². The van der Waals surface area contributed by atoms with Crippen molar-refractivity contribution in [3.63, 3.8) is 0 Å². The van der Waals surface area contributed by atoms with Gasteiger partial charge in [0.2, 0.25) is 0 Å². The van der Waals surface area contributed by atoms with Crippen LogP contribution in [-0.2, 0) is 6.42 Å². The second-order valence-electron chi connectivity index (χ2n) is 9.76. The van der Waals surface area contributed by atoms with Crippen LogP contribution in [0.3, 0.4) is 0 Å². The first-order chi connectivity index (χ1) is 15.6. The van der Waals surface area contributed by atoms with Crippen LogP contribution in [-0.4, -0.2) is 79.1 Å². The van der Waals surface area contributed by atoms with Gasteiger partial charge in [0.15, 0.2) is 5.96 Å². The summed E-state index contributed by atoms with van der Waals surface area (Å²) >= 11 is 0. The van der Waals surface area contributed by atoms with Crippen LogP contribution in [0.1, 0.15) is 50.2 Å². The lowest BCUT2D eigenvalue weighted by Gasteiger charge is -2.49. The highest BCUT2D eigenvalue weighted by Crippen LogP contribution is 2.31. The molecule has 1 aromatic carbocycles. The fourth-order valence-electron chi connectivity index (χ4n) is 5.51. The average Bonchev–Trinajstić information content (AvgIpc) is 3.24. The SMILES string of the molecule is CCNC(=NCC1(N2CCCCC2)CCN(C)CC1)NCCc1c[nH]c2cccc(C)c12. The Hall–Kier alpha value is -2.05. The van der Waals surface area contributed by atoms with Crippen molar-refractivity contribution in [2.75, 3.05) is 52.9 Å². The van der Waals surface area contributed by atoms with Crippen LogP contribution in [0.25, 0.3) is 10.9 Å². The number of hydrogen-bond acceptors (Lipinski definition) is 3. The third-order valence-corrected chi connectivity index (χ3v) is 7.50. The van der Waals surface area contributed by atoms with Crippen LogP contribution in [0.2, 0.25) is 0 Å². The Kier molecular flexibility index (Phi) is 7.74. The standard InChI is InChI=1S/C26H42N6/c1-4-27-25(28-14-11-22-19-29-23-10-8-9-21(2)24(22)23)30-20-26(12-17-31(3)18-13-26)32-15-6-5-7-16-32/h8-10,19,29H,4-7,11-18,20H2,1-3H3,(H2,27,28,30). The van der Waals surface area contributed by atoms with E-state index in [2.05, 4.69) is 70.7 Å². The Bertz CT molecular complexity index is 887. The number of H-pyrrole nitrogens is 1. The van der Waals surface area contributed by atoms with Crippen LogP contribution in [0, 0.1) is 6.92 Å². The lowest BCUT2D eigenvalue weighted by Crippen LogP contribution is -2.58. The van der Waals surface area contributed by atoms with Gasteiger partial charge in [-0.3, -0.25) is 9.89 Å². The molecular formula is C26H42N6. The first-order valence-electron chi connectivity index (χ1n) is 12.6. The fraction of sp³-hybridized carbons (Fsp3) is 0.654. The number of nitrogens with one attached hydrogen (secondary N) is 3. The molecule has 2 fully saturated rings. The number of piperidine rings is 2. The van der Waals surface area contributed by atoms with Crippen molar-refractivity contribution in [2.24, 2.45) is 4.99 Å². The number of aromatic amines is 1. The minimum Gasteiger partial charge on any atom is -0.361 e. The first kappa shape index (κ1) is 23.1. The molecule has 6 heteroatoms. The predicted molar refractivity (Wildman–Crippen MR) is 136 cm³/mol. The highest BCUT2D eigenvalue weighted by Gasteiger charge is 2.39. The van der Waals surface area contributed by atoms with E-state index in [9.17, 15) is 0 Å². The summed E-state index contributed by atoms with van der Waals surface area (Å²) in [5.74, 6) is 0.958. The zero-order valence-corrected chi connectivity index (χ0v) is 20.3. The van der Waals surface area contributed by atoms with Crippen molar-refractivity contribution < 1.29 is 0 Å². The topological polar surface area (TPSA) is 58.7 Å². The zero-order chi connectivity index (χ0) is 22.4. The van der Waals surface area contributed by atoms with Gasteiger partial charge >= 0.3 is 0 Å². The summed E-state index contributed by atoms with van der Waals surface area (Å²) in [4.78, 5) is 13.8. The van der Waals surface area contributed by atoms with E-state index in [0.29, 0.717) is 0 Å². The maximum absolute atomic E-state index is 5.13. The molecule has 2 aliphatic rings. The molecule has 0 atom stereocenters. The summed E-state index contributed by atoms with van der Waals surface area (Å²) in [5, 5.41) is 8.46. The monoisotopic (exact) mass is 438 g/mol. The summed E-state index contributed by atoms with van der Waals surface area (Å²) in [6.45, 7) is 11.8. The number of likely N-dealkylation sites (tertiary alicyclic amines) is 2. The number of rotatable bonds is 7. The van der Waals surface area contributed by atoms with Gasteiger partial charge in [-0.05, 0) is 96.4 Å².